The molecular weight excluding hydrogens is 230 g/mol. The Kier molecular flexibility index (Phi) is 3.48. The highest BCUT2D eigenvalue weighted by Gasteiger charge is 2.20. The lowest BCUT2D eigenvalue weighted by molar-refractivity contribution is -0.121. The highest BCUT2D eigenvalue weighted by atomic mass is 16.2. The highest BCUT2D eigenvalue weighted by Crippen LogP contribution is 2.08. The van der Waals surface area contributed by atoms with E-state index in [-0.39, 0.29) is 17.8 Å². The van der Waals surface area contributed by atoms with Crippen LogP contribution in [0.1, 0.15) is 16.8 Å². The van der Waals surface area contributed by atoms with Gasteiger partial charge in [-0.25, -0.2) is 0 Å². The highest BCUT2D eigenvalue weighted by molar-refractivity contribution is 6.24. The molecule has 0 aliphatic heterocycles. The third-order valence-electron chi connectivity index (χ3n) is 2.51. The molecule has 18 heavy (non-hydrogen) atoms. The summed E-state index contributed by atoms with van der Waals surface area (Å²) in [5.41, 5.74) is 0.395. The third-order valence-corrected chi connectivity index (χ3v) is 2.51. The Hall–Kier alpha value is -2.49. The topological polar surface area (TPSA) is 63.2 Å². The van der Waals surface area contributed by atoms with Gasteiger partial charge < -0.3 is 0 Å². The van der Waals surface area contributed by atoms with Crippen LogP contribution in [-0.2, 0) is 9.59 Å². The van der Waals surface area contributed by atoms with E-state index in [1.165, 1.54) is 6.08 Å². The van der Waals surface area contributed by atoms with Gasteiger partial charge in [-0.05, 0) is 18.2 Å². The van der Waals surface area contributed by atoms with Crippen molar-refractivity contribution in [3.8, 4) is 0 Å². The smallest absolute Gasteiger partial charge is 0.261 e. The van der Waals surface area contributed by atoms with E-state index < -0.39 is 11.8 Å². The van der Waals surface area contributed by atoms with E-state index in [1.807, 2.05) is 0 Å². The number of amides is 2. The van der Waals surface area contributed by atoms with Crippen LogP contribution in [0.2, 0.25) is 0 Å². The fourth-order valence-electron chi connectivity index (χ4n) is 1.58. The average molecular weight is 241 g/mol. The summed E-state index contributed by atoms with van der Waals surface area (Å²) in [7, 11) is 0. The number of ketones is 1. The van der Waals surface area contributed by atoms with Gasteiger partial charge in [-0.3, -0.25) is 19.7 Å². The van der Waals surface area contributed by atoms with Gasteiger partial charge in [0.1, 0.15) is 0 Å². The molecule has 2 rings (SSSR count). The molecule has 0 bridgehead atoms. The Morgan fingerprint density at radius 1 is 1.06 bits per heavy atom. The maximum Gasteiger partial charge on any atom is 0.261 e. The molecular formula is C14H11NO3. The van der Waals surface area contributed by atoms with Crippen LogP contribution < -0.4 is 5.32 Å². The van der Waals surface area contributed by atoms with E-state index in [1.54, 1.807) is 42.5 Å². The number of allylic oxidation sites excluding steroid dienone is 3. The molecule has 4 nitrogen and oxygen atoms in total. The third kappa shape index (κ3) is 2.60. The van der Waals surface area contributed by atoms with Gasteiger partial charge in [0.05, 0.1) is 5.57 Å². The molecule has 2 amide bonds. The summed E-state index contributed by atoms with van der Waals surface area (Å²) in [5.74, 6) is -1.45. The summed E-state index contributed by atoms with van der Waals surface area (Å²) < 4.78 is 0. The van der Waals surface area contributed by atoms with E-state index in [0.29, 0.717) is 5.56 Å². The van der Waals surface area contributed by atoms with Crippen LogP contribution in [-0.4, -0.2) is 17.6 Å². The van der Waals surface area contributed by atoms with Crippen molar-refractivity contribution in [1.82, 2.24) is 5.32 Å². The Bertz CT molecular complexity index is 556. The number of rotatable bonds is 2. The maximum absolute atomic E-state index is 11.7. The van der Waals surface area contributed by atoms with Crippen LogP contribution in [0.15, 0.2) is 54.1 Å². The summed E-state index contributed by atoms with van der Waals surface area (Å²) in [4.78, 5) is 34.9. The van der Waals surface area contributed by atoms with Gasteiger partial charge in [-0.15, -0.1) is 0 Å². The molecule has 0 aromatic heterocycles. The number of hydrogen-bond donors (Lipinski definition) is 1. The zero-order valence-electron chi connectivity index (χ0n) is 9.55. The molecule has 90 valence electrons. The molecule has 0 radical (unpaired) electrons. The van der Waals surface area contributed by atoms with Gasteiger partial charge >= 0.3 is 0 Å². The quantitative estimate of drug-likeness (QED) is 0.628. The summed E-state index contributed by atoms with van der Waals surface area (Å²) in [5, 5.41) is 2.20. The first-order chi connectivity index (χ1) is 8.68. The lowest BCUT2D eigenvalue weighted by atomic mass is 10.0. The number of carbonyl (C=O) groups excluding carboxylic acids is 3. The second-order valence-electron chi connectivity index (χ2n) is 3.79. The minimum atomic E-state index is -0.654. The minimum Gasteiger partial charge on any atom is -0.294 e. The van der Waals surface area contributed by atoms with Crippen LogP contribution >= 0.6 is 0 Å². The summed E-state index contributed by atoms with van der Waals surface area (Å²) in [6, 6.07) is 8.37. The second kappa shape index (κ2) is 5.23. The number of Topliss-reactive ketones (excluding diaryl/α,β-unsaturated/α-hetero) is 1. The van der Waals surface area contributed by atoms with Crippen molar-refractivity contribution in [3.05, 3.63) is 59.7 Å². The molecule has 1 aliphatic rings. The number of imide groups is 1. The average Bonchev–Trinajstić information content (AvgIpc) is 2.40. The molecule has 1 aromatic carbocycles. The molecule has 4 heteroatoms. The monoisotopic (exact) mass is 241 g/mol. The van der Waals surface area contributed by atoms with Gasteiger partial charge in [-0.2, -0.15) is 0 Å². The lowest BCUT2D eigenvalue weighted by Gasteiger charge is -2.08. The van der Waals surface area contributed by atoms with Crippen LogP contribution in [0.3, 0.4) is 0 Å². The Morgan fingerprint density at radius 3 is 2.44 bits per heavy atom. The van der Waals surface area contributed by atoms with Crippen molar-refractivity contribution in [1.29, 1.82) is 0 Å². The first-order valence-electron chi connectivity index (χ1n) is 5.49. The first-order valence-corrected chi connectivity index (χ1v) is 5.49. The lowest BCUT2D eigenvalue weighted by Crippen LogP contribution is -2.34. The zero-order chi connectivity index (χ0) is 13.0. The van der Waals surface area contributed by atoms with Crippen molar-refractivity contribution in [2.75, 3.05) is 0 Å². The standard InChI is InChI=1S/C14H11NO3/c16-12-9-5-4-8-11(12)14(18)15-13(17)10-6-2-1-3-7-10/h1-8H,9H2,(H,15,17,18). The summed E-state index contributed by atoms with van der Waals surface area (Å²) in [6.07, 6.45) is 4.90. The van der Waals surface area contributed by atoms with Crippen molar-refractivity contribution < 1.29 is 14.4 Å². The second-order valence-corrected chi connectivity index (χ2v) is 3.79. The molecule has 0 fully saturated rings. The number of carbonyl (C=O) groups is 3. The summed E-state index contributed by atoms with van der Waals surface area (Å²) in [6.45, 7) is 0. The minimum absolute atomic E-state index is 0.0155. The summed E-state index contributed by atoms with van der Waals surface area (Å²) >= 11 is 0. The fraction of sp³-hybridized carbons (Fsp3) is 0.0714. The van der Waals surface area contributed by atoms with Crippen LogP contribution in [0.5, 0.6) is 0 Å². The van der Waals surface area contributed by atoms with Crippen molar-refractivity contribution >= 4 is 17.6 Å². The molecule has 0 unspecified atom stereocenters. The molecule has 1 aliphatic carbocycles. The fourth-order valence-corrected chi connectivity index (χ4v) is 1.58. The SMILES string of the molecule is O=C1CC=CC=C1C(=O)NC(=O)c1ccccc1. The van der Waals surface area contributed by atoms with Crippen LogP contribution in [0.25, 0.3) is 0 Å². The Balaban J connectivity index is 2.09. The van der Waals surface area contributed by atoms with Gasteiger partial charge in [0.2, 0.25) is 0 Å². The number of hydrogen-bond acceptors (Lipinski definition) is 3. The number of benzene rings is 1. The zero-order valence-corrected chi connectivity index (χ0v) is 9.55. The van der Waals surface area contributed by atoms with E-state index in [9.17, 15) is 14.4 Å². The van der Waals surface area contributed by atoms with Gasteiger partial charge in [0, 0.05) is 12.0 Å². The van der Waals surface area contributed by atoms with Crippen molar-refractivity contribution in [3.63, 3.8) is 0 Å². The molecule has 1 aromatic rings. The maximum atomic E-state index is 11.7. The normalized spacial score (nSPS) is 14.0. The van der Waals surface area contributed by atoms with Crippen LogP contribution in [0.4, 0.5) is 0 Å². The van der Waals surface area contributed by atoms with Crippen molar-refractivity contribution in [2.45, 2.75) is 6.42 Å². The first kappa shape index (κ1) is 12.0. The molecule has 1 N–H and O–H groups in total. The van der Waals surface area contributed by atoms with E-state index in [0.717, 1.165) is 0 Å². The molecule has 0 saturated carbocycles. The predicted octanol–water partition coefficient (Wildman–Crippen LogP) is 1.40. The van der Waals surface area contributed by atoms with Gasteiger partial charge in [0.25, 0.3) is 11.8 Å². The van der Waals surface area contributed by atoms with E-state index >= 15 is 0 Å². The van der Waals surface area contributed by atoms with Gasteiger partial charge in [0.15, 0.2) is 5.78 Å². The Labute approximate surface area is 104 Å². The van der Waals surface area contributed by atoms with Gasteiger partial charge in [-0.1, -0.05) is 30.4 Å². The van der Waals surface area contributed by atoms with Crippen LogP contribution in [0, 0.1) is 0 Å². The largest absolute Gasteiger partial charge is 0.294 e. The number of nitrogens with one attached hydrogen (secondary N) is 1. The predicted molar refractivity (Wildman–Crippen MR) is 65.8 cm³/mol. The molecule has 0 heterocycles. The van der Waals surface area contributed by atoms with E-state index in [2.05, 4.69) is 5.32 Å². The molecule has 0 saturated heterocycles. The molecule has 0 spiro atoms. The van der Waals surface area contributed by atoms with Crippen molar-refractivity contribution in [2.24, 2.45) is 0 Å². The molecule has 0 atom stereocenters. The van der Waals surface area contributed by atoms with E-state index in [4.69, 9.17) is 0 Å². The Morgan fingerprint density at radius 2 is 1.78 bits per heavy atom.